The Labute approximate surface area is 172 Å². The number of benzene rings is 1. The van der Waals surface area contributed by atoms with Crippen molar-refractivity contribution in [2.24, 2.45) is 0 Å². The molecule has 0 spiro atoms. The molecule has 1 aliphatic heterocycles. The first-order chi connectivity index (χ1) is 14.2. The molecule has 0 saturated carbocycles. The second-order valence-corrected chi connectivity index (χ2v) is 9.44. The van der Waals surface area contributed by atoms with Gasteiger partial charge in [0.1, 0.15) is 11.6 Å². The van der Waals surface area contributed by atoms with Crippen LogP contribution < -0.4 is 5.56 Å². The lowest BCUT2D eigenvalue weighted by Gasteiger charge is -2.35. The molecule has 0 radical (unpaired) electrons. The van der Waals surface area contributed by atoms with Crippen molar-refractivity contribution in [1.29, 1.82) is 0 Å². The lowest BCUT2D eigenvalue weighted by Crippen LogP contribution is -2.41. The van der Waals surface area contributed by atoms with Crippen molar-refractivity contribution >= 4 is 21.4 Å². The van der Waals surface area contributed by atoms with Crippen LogP contribution in [0.4, 0.5) is 4.39 Å². The highest BCUT2D eigenvalue weighted by molar-refractivity contribution is 7.92. The summed E-state index contributed by atoms with van der Waals surface area (Å²) in [4.78, 5) is 30.9. The molecule has 1 atom stereocenters. The van der Waals surface area contributed by atoms with Crippen LogP contribution in [0.5, 0.6) is 0 Å². The van der Waals surface area contributed by atoms with Crippen molar-refractivity contribution in [3.05, 3.63) is 64.0 Å². The van der Waals surface area contributed by atoms with Crippen LogP contribution >= 0.6 is 0 Å². The Morgan fingerprint density at radius 3 is 2.70 bits per heavy atom. The number of likely N-dealkylation sites (tertiary alicyclic amines) is 1. The number of carbonyl (C=O) groups excluding carboxylic acids is 1. The molecule has 1 saturated heterocycles. The number of carbonyl (C=O) groups is 1. The van der Waals surface area contributed by atoms with E-state index in [0.29, 0.717) is 30.0 Å². The zero-order chi connectivity index (χ0) is 21.5. The number of amides is 1. The smallest absolute Gasteiger partial charge is 0.272 e. The molecule has 1 unspecified atom stereocenters. The van der Waals surface area contributed by atoms with Crippen LogP contribution in [0.25, 0.3) is 5.65 Å². The van der Waals surface area contributed by atoms with E-state index in [-0.39, 0.29) is 16.5 Å². The SMILES string of the molecule is Cc1cc(=O)n2[nH]c(C3CCCCN3C(=O)CS(=O)(=O)c3ccc(F)cc3)cc2n1. The summed E-state index contributed by atoms with van der Waals surface area (Å²) in [6.07, 6.45) is 2.27. The van der Waals surface area contributed by atoms with Gasteiger partial charge in [0, 0.05) is 24.4 Å². The highest BCUT2D eigenvalue weighted by Gasteiger charge is 2.32. The molecule has 1 fully saturated rings. The average molecular weight is 432 g/mol. The highest BCUT2D eigenvalue weighted by Crippen LogP contribution is 2.31. The Morgan fingerprint density at radius 1 is 1.23 bits per heavy atom. The molecule has 1 amide bonds. The standard InChI is InChI=1S/C20H21FN4O4S/c1-13-10-19(26)25-18(22-13)11-16(23-25)17-4-2-3-9-24(17)20(27)12-30(28,29)15-7-5-14(21)6-8-15/h5-8,10-11,17,23H,2-4,9,12H2,1H3. The fraction of sp³-hybridized carbons (Fsp3) is 0.350. The van der Waals surface area contributed by atoms with Gasteiger partial charge in [0.2, 0.25) is 5.91 Å². The van der Waals surface area contributed by atoms with Gasteiger partial charge in [0.15, 0.2) is 15.5 Å². The van der Waals surface area contributed by atoms with E-state index < -0.39 is 27.3 Å². The molecule has 158 valence electrons. The van der Waals surface area contributed by atoms with E-state index in [1.807, 2.05) is 0 Å². The minimum atomic E-state index is -3.90. The van der Waals surface area contributed by atoms with Crippen molar-refractivity contribution in [2.45, 2.75) is 37.1 Å². The van der Waals surface area contributed by atoms with Crippen LogP contribution in [0.2, 0.25) is 0 Å². The number of rotatable bonds is 4. The summed E-state index contributed by atoms with van der Waals surface area (Å²) in [7, 11) is -3.90. The molecular formula is C20H21FN4O4S. The summed E-state index contributed by atoms with van der Waals surface area (Å²) in [5.41, 5.74) is 1.42. The van der Waals surface area contributed by atoms with Crippen LogP contribution in [-0.4, -0.2) is 46.1 Å². The lowest BCUT2D eigenvalue weighted by atomic mass is 9.99. The molecule has 1 N–H and O–H groups in total. The van der Waals surface area contributed by atoms with Crippen LogP contribution in [0, 0.1) is 12.7 Å². The molecule has 3 heterocycles. The van der Waals surface area contributed by atoms with Crippen LogP contribution in [0.15, 0.2) is 46.1 Å². The molecule has 1 aliphatic rings. The van der Waals surface area contributed by atoms with Gasteiger partial charge in [-0.05, 0) is 50.5 Å². The summed E-state index contributed by atoms with van der Waals surface area (Å²) >= 11 is 0. The minimum absolute atomic E-state index is 0.0948. The average Bonchev–Trinajstić information content (AvgIpc) is 3.12. The Balaban J connectivity index is 1.62. The van der Waals surface area contributed by atoms with Gasteiger partial charge in [-0.3, -0.25) is 14.7 Å². The highest BCUT2D eigenvalue weighted by atomic mass is 32.2. The topological polar surface area (TPSA) is 105 Å². The first-order valence-corrected chi connectivity index (χ1v) is 11.3. The molecule has 4 rings (SSSR count). The molecular weight excluding hydrogens is 411 g/mol. The third-order valence-electron chi connectivity index (χ3n) is 5.27. The Kier molecular flexibility index (Phi) is 5.19. The number of aryl methyl sites for hydroxylation is 1. The first kappa shape index (κ1) is 20.3. The molecule has 10 heteroatoms. The van der Waals surface area contributed by atoms with Crippen molar-refractivity contribution in [2.75, 3.05) is 12.3 Å². The summed E-state index contributed by atoms with van der Waals surface area (Å²) in [5.74, 6) is -1.78. The van der Waals surface area contributed by atoms with Gasteiger partial charge >= 0.3 is 0 Å². The van der Waals surface area contributed by atoms with E-state index in [1.54, 1.807) is 13.0 Å². The van der Waals surface area contributed by atoms with Gasteiger partial charge in [-0.1, -0.05) is 0 Å². The lowest BCUT2D eigenvalue weighted by molar-refractivity contribution is -0.132. The second kappa shape index (κ2) is 7.67. The Hall–Kier alpha value is -3.01. The number of hydrogen-bond donors (Lipinski definition) is 1. The van der Waals surface area contributed by atoms with Gasteiger partial charge in [-0.25, -0.2) is 22.3 Å². The largest absolute Gasteiger partial charge is 0.333 e. The zero-order valence-electron chi connectivity index (χ0n) is 16.3. The minimum Gasteiger partial charge on any atom is -0.333 e. The van der Waals surface area contributed by atoms with Crippen LogP contribution in [0.1, 0.15) is 36.7 Å². The molecule has 0 aliphatic carbocycles. The zero-order valence-corrected chi connectivity index (χ0v) is 17.2. The van der Waals surface area contributed by atoms with E-state index in [0.717, 1.165) is 37.1 Å². The number of aromatic amines is 1. The summed E-state index contributed by atoms with van der Waals surface area (Å²) in [5, 5.41) is 3.00. The maximum Gasteiger partial charge on any atom is 0.272 e. The Morgan fingerprint density at radius 2 is 1.97 bits per heavy atom. The predicted molar refractivity (Wildman–Crippen MR) is 107 cm³/mol. The number of nitrogens with zero attached hydrogens (tertiary/aromatic N) is 3. The maximum atomic E-state index is 13.1. The van der Waals surface area contributed by atoms with Gasteiger partial charge < -0.3 is 4.90 Å². The molecule has 30 heavy (non-hydrogen) atoms. The fourth-order valence-electron chi connectivity index (χ4n) is 3.82. The number of piperidine rings is 1. The van der Waals surface area contributed by atoms with E-state index in [1.165, 1.54) is 15.5 Å². The monoisotopic (exact) mass is 432 g/mol. The number of hydrogen-bond acceptors (Lipinski definition) is 5. The van der Waals surface area contributed by atoms with E-state index in [9.17, 15) is 22.4 Å². The van der Waals surface area contributed by atoms with Crippen LogP contribution in [0.3, 0.4) is 0 Å². The summed E-state index contributed by atoms with van der Waals surface area (Å²) < 4.78 is 39.7. The third-order valence-corrected chi connectivity index (χ3v) is 6.88. The number of H-pyrrole nitrogens is 1. The van der Waals surface area contributed by atoms with Gasteiger partial charge in [-0.2, -0.15) is 0 Å². The number of halogens is 1. The molecule has 0 bridgehead atoms. The predicted octanol–water partition coefficient (Wildman–Crippen LogP) is 2.00. The molecule has 3 aromatic rings. The number of aromatic nitrogens is 3. The number of fused-ring (bicyclic) bond motifs is 1. The molecule has 2 aromatic heterocycles. The van der Waals surface area contributed by atoms with E-state index in [4.69, 9.17) is 0 Å². The molecule has 1 aromatic carbocycles. The van der Waals surface area contributed by atoms with Crippen LogP contribution in [-0.2, 0) is 14.6 Å². The number of nitrogens with one attached hydrogen (secondary N) is 1. The number of sulfone groups is 1. The van der Waals surface area contributed by atoms with E-state index >= 15 is 0 Å². The quantitative estimate of drug-likeness (QED) is 0.635. The summed E-state index contributed by atoms with van der Waals surface area (Å²) in [6.45, 7) is 2.14. The van der Waals surface area contributed by atoms with Crippen molar-refractivity contribution < 1.29 is 17.6 Å². The first-order valence-electron chi connectivity index (χ1n) is 9.62. The van der Waals surface area contributed by atoms with Gasteiger partial charge in [-0.15, -0.1) is 0 Å². The third kappa shape index (κ3) is 3.87. The maximum absolute atomic E-state index is 13.1. The van der Waals surface area contributed by atoms with Gasteiger partial charge in [0.25, 0.3) is 5.56 Å². The van der Waals surface area contributed by atoms with Crippen molar-refractivity contribution in [3.8, 4) is 0 Å². The van der Waals surface area contributed by atoms with E-state index in [2.05, 4.69) is 10.1 Å². The van der Waals surface area contributed by atoms with Gasteiger partial charge in [0.05, 0.1) is 16.6 Å². The van der Waals surface area contributed by atoms with Crippen molar-refractivity contribution in [1.82, 2.24) is 19.5 Å². The summed E-state index contributed by atoms with van der Waals surface area (Å²) in [6, 6.07) is 7.17. The molecule has 8 nitrogen and oxygen atoms in total. The second-order valence-electron chi connectivity index (χ2n) is 7.45. The normalized spacial score (nSPS) is 17.4. The van der Waals surface area contributed by atoms with Crippen molar-refractivity contribution in [3.63, 3.8) is 0 Å². The Bertz CT molecular complexity index is 1260. The fourth-order valence-corrected chi connectivity index (χ4v) is 5.03.